The number of hydrogen-bond acceptors (Lipinski definition) is 4. The fraction of sp³-hybridized carbons (Fsp3) is 1.00. The SMILES string of the molecule is NN1CCN(S(N)(=O)=O)CC1. The summed E-state index contributed by atoms with van der Waals surface area (Å²) in [5.41, 5.74) is 0. The molecule has 0 atom stereocenters. The molecule has 0 spiro atoms. The Labute approximate surface area is 65.9 Å². The van der Waals surface area contributed by atoms with Crippen LogP contribution in [0.25, 0.3) is 0 Å². The summed E-state index contributed by atoms with van der Waals surface area (Å²) in [6.45, 7) is 1.84. The number of rotatable bonds is 1. The molecule has 1 aliphatic rings. The summed E-state index contributed by atoms with van der Waals surface area (Å²) >= 11 is 0. The first kappa shape index (κ1) is 8.88. The van der Waals surface area contributed by atoms with Gasteiger partial charge in [0.05, 0.1) is 0 Å². The molecule has 4 N–H and O–H groups in total. The van der Waals surface area contributed by atoms with Crippen molar-refractivity contribution in [2.24, 2.45) is 11.0 Å². The first-order valence-corrected chi connectivity index (χ1v) is 4.78. The Morgan fingerprint density at radius 1 is 1.09 bits per heavy atom. The van der Waals surface area contributed by atoms with Crippen molar-refractivity contribution in [3.05, 3.63) is 0 Å². The van der Waals surface area contributed by atoms with Gasteiger partial charge in [0, 0.05) is 26.2 Å². The molecule has 1 fully saturated rings. The van der Waals surface area contributed by atoms with Crippen LogP contribution in [0.1, 0.15) is 0 Å². The highest BCUT2D eigenvalue weighted by Gasteiger charge is 2.21. The first-order chi connectivity index (χ1) is 5.00. The lowest BCUT2D eigenvalue weighted by molar-refractivity contribution is 0.192. The highest BCUT2D eigenvalue weighted by molar-refractivity contribution is 7.86. The second kappa shape index (κ2) is 3.03. The van der Waals surface area contributed by atoms with Crippen LogP contribution in [0.3, 0.4) is 0 Å². The molecule has 1 aliphatic heterocycles. The van der Waals surface area contributed by atoms with E-state index in [1.165, 1.54) is 4.31 Å². The highest BCUT2D eigenvalue weighted by atomic mass is 32.2. The topological polar surface area (TPSA) is 92.7 Å². The highest BCUT2D eigenvalue weighted by Crippen LogP contribution is 1.99. The standard InChI is InChI=1S/C4H12N4O2S/c5-7-1-3-8(4-2-7)11(6,9)10/h1-5H2,(H2,6,9,10). The average molecular weight is 180 g/mol. The molecule has 0 aromatic rings. The van der Waals surface area contributed by atoms with Crippen molar-refractivity contribution in [1.29, 1.82) is 0 Å². The Bertz CT molecular complexity index is 218. The van der Waals surface area contributed by atoms with Crippen molar-refractivity contribution in [2.75, 3.05) is 26.2 Å². The number of nitrogens with zero attached hydrogens (tertiary/aromatic N) is 2. The van der Waals surface area contributed by atoms with Gasteiger partial charge in [0.15, 0.2) is 0 Å². The summed E-state index contributed by atoms with van der Waals surface area (Å²) in [4.78, 5) is 0. The molecule has 1 heterocycles. The predicted octanol–water partition coefficient (Wildman–Crippen LogP) is -2.32. The second-order valence-electron chi connectivity index (χ2n) is 2.48. The molecule has 0 aromatic carbocycles. The van der Waals surface area contributed by atoms with Gasteiger partial charge < -0.3 is 0 Å². The summed E-state index contributed by atoms with van der Waals surface area (Å²) in [6, 6.07) is 0. The maximum atomic E-state index is 10.7. The third-order valence-electron chi connectivity index (χ3n) is 1.63. The van der Waals surface area contributed by atoms with Crippen LogP contribution in [-0.4, -0.2) is 43.9 Å². The molecule has 0 radical (unpaired) electrons. The van der Waals surface area contributed by atoms with Gasteiger partial charge >= 0.3 is 0 Å². The van der Waals surface area contributed by atoms with Crippen LogP contribution in [0.5, 0.6) is 0 Å². The second-order valence-corrected chi connectivity index (χ2v) is 4.03. The summed E-state index contributed by atoms with van der Waals surface area (Å²) in [7, 11) is -3.50. The zero-order chi connectivity index (χ0) is 8.48. The Balaban J connectivity index is 2.53. The van der Waals surface area contributed by atoms with Crippen LogP contribution in [0.15, 0.2) is 0 Å². The average Bonchev–Trinajstić information content (AvgIpc) is 1.86. The van der Waals surface area contributed by atoms with Crippen molar-refractivity contribution in [1.82, 2.24) is 9.31 Å². The summed E-state index contributed by atoms with van der Waals surface area (Å²) in [6.07, 6.45) is 0. The Morgan fingerprint density at radius 3 is 1.91 bits per heavy atom. The maximum absolute atomic E-state index is 10.7. The minimum absolute atomic E-state index is 0.384. The molecule has 6 nitrogen and oxygen atoms in total. The minimum atomic E-state index is -3.50. The van der Waals surface area contributed by atoms with Crippen molar-refractivity contribution in [3.8, 4) is 0 Å². The van der Waals surface area contributed by atoms with Gasteiger partial charge in [-0.05, 0) is 0 Å². The Kier molecular flexibility index (Phi) is 2.45. The van der Waals surface area contributed by atoms with Crippen LogP contribution < -0.4 is 11.0 Å². The summed E-state index contributed by atoms with van der Waals surface area (Å²) < 4.78 is 22.7. The smallest absolute Gasteiger partial charge is 0.269 e. The van der Waals surface area contributed by atoms with Crippen LogP contribution in [0, 0.1) is 0 Å². The fourth-order valence-electron chi connectivity index (χ4n) is 0.958. The van der Waals surface area contributed by atoms with E-state index in [2.05, 4.69) is 0 Å². The monoisotopic (exact) mass is 180 g/mol. The van der Waals surface area contributed by atoms with Crippen LogP contribution in [0.2, 0.25) is 0 Å². The molecule has 1 rings (SSSR count). The van der Waals surface area contributed by atoms with E-state index in [0.717, 1.165) is 0 Å². The molecule has 7 heteroatoms. The Hall–Kier alpha value is -0.210. The zero-order valence-electron chi connectivity index (χ0n) is 6.10. The molecule has 0 aliphatic carbocycles. The van der Waals surface area contributed by atoms with E-state index in [0.29, 0.717) is 26.2 Å². The molecule has 0 saturated carbocycles. The number of piperazine rings is 1. The normalized spacial score (nSPS) is 23.8. The lowest BCUT2D eigenvalue weighted by Gasteiger charge is -2.29. The molecule has 66 valence electrons. The van der Waals surface area contributed by atoms with Crippen molar-refractivity contribution >= 4 is 10.2 Å². The van der Waals surface area contributed by atoms with Gasteiger partial charge in [-0.2, -0.15) is 12.7 Å². The van der Waals surface area contributed by atoms with E-state index in [1.807, 2.05) is 0 Å². The lowest BCUT2D eigenvalue weighted by atomic mass is 10.4. The minimum Gasteiger partial charge on any atom is -0.269 e. The quantitative estimate of drug-likeness (QED) is 0.443. The summed E-state index contributed by atoms with van der Waals surface area (Å²) in [5, 5.41) is 6.47. The maximum Gasteiger partial charge on any atom is 0.276 e. The first-order valence-electron chi connectivity index (χ1n) is 3.27. The van der Waals surface area contributed by atoms with E-state index < -0.39 is 10.2 Å². The number of hydrazine groups is 1. The van der Waals surface area contributed by atoms with Crippen LogP contribution >= 0.6 is 0 Å². The summed E-state index contributed by atoms with van der Waals surface area (Å²) in [5.74, 6) is 5.41. The molecular weight excluding hydrogens is 168 g/mol. The van der Waals surface area contributed by atoms with E-state index in [4.69, 9.17) is 11.0 Å². The van der Waals surface area contributed by atoms with Crippen molar-refractivity contribution in [3.63, 3.8) is 0 Å². The van der Waals surface area contributed by atoms with Crippen molar-refractivity contribution in [2.45, 2.75) is 0 Å². The van der Waals surface area contributed by atoms with Gasteiger partial charge in [-0.15, -0.1) is 0 Å². The third-order valence-corrected chi connectivity index (χ3v) is 2.72. The van der Waals surface area contributed by atoms with E-state index >= 15 is 0 Å². The molecule has 11 heavy (non-hydrogen) atoms. The van der Waals surface area contributed by atoms with Gasteiger partial charge in [-0.25, -0.2) is 10.1 Å². The number of hydrogen-bond donors (Lipinski definition) is 2. The van der Waals surface area contributed by atoms with Crippen molar-refractivity contribution < 1.29 is 8.42 Å². The van der Waals surface area contributed by atoms with E-state index in [9.17, 15) is 8.42 Å². The molecule has 0 bridgehead atoms. The molecular formula is C4H12N4O2S. The van der Waals surface area contributed by atoms with Crippen LogP contribution in [-0.2, 0) is 10.2 Å². The van der Waals surface area contributed by atoms with Gasteiger partial charge in [0.25, 0.3) is 10.2 Å². The predicted molar refractivity (Wildman–Crippen MR) is 40.4 cm³/mol. The molecule has 1 saturated heterocycles. The number of nitrogens with two attached hydrogens (primary N) is 2. The van der Waals surface area contributed by atoms with E-state index in [1.54, 1.807) is 5.01 Å². The van der Waals surface area contributed by atoms with Gasteiger partial charge in [-0.1, -0.05) is 0 Å². The third kappa shape index (κ3) is 2.38. The Morgan fingerprint density at radius 2 is 1.55 bits per heavy atom. The van der Waals surface area contributed by atoms with E-state index in [-0.39, 0.29) is 0 Å². The lowest BCUT2D eigenvalue weighted by Crippen LogP contribution is -2.52. The van der Waals surface area contributed by atoms with Gasteiger partial charge in [-0.3, -0.25) is 5.84 Å². The molecule has 0 aromatic heterocycles. The van der Waals surface area contributed by atoms with Crippen LogP contribution in [0.4, 0.5) is 0 Å². The fourth-order valence-corrected chi connectivity index (χ4v) is 1.63. The molecule has 0 amide bonds. The zero-order valence-corrected chi connectivity index (χ0v) is 6.92. The van der Waals surface area contributed by atoms with Gasteiger partial charge in [0.2, 0.25) is 0 Å². The largest absolute Gasteiger partial charge is 0.276 e. The van der Waals surface area contributed by atoms with Gasteiger partial charge in [0.1, 0.15) is 0 Å². The molecule has 0 unspecified atom stereocenters.